The van der Waals surface area contributed by atoms with Crippen LogP contribution in [0.15, 0.2) is 23.2 Å². The van der Waals surface area contributed by atoms with Crippen molar-refractivity contribution in [3.63, 3.8) is 0 Å². The number of hydrogen-bond donors (Lipinski definition) is 2. The topological polar surface area (TPSA) is 85.8 Å². The minimum Gasteiger partial charge on any atom is -0.395 e. The summed E-state index contributed by atoms with van der Waals surface area (Å²) in [5.74, 6) is 0.369. The quantitative estimate of drug-likeness (QED) is 0.784. The Hall–Kier alpha value is -1.22. The highest BCUT2D eigenvalue weighted by Crippen LogP contribution is 2.23. The van der Waals surface area contributed by atoms with Crippen LogP contribution < -0.4 is 5.32 Å². The van der Waals surface area contributed by atoms with Gasteiger partial charge in [-0.25, -0.2) is 13.4 Å². The van der Waals surface area contributed by atoms with Crippen molar-refractivity contribution in [2.75, 3.05) is 51.7 Å². The van der Waals surface area contributed by atoms with Gasteiger partial charge < -0.3 is 10.4 Å². The molecule has 2 N–H and O–H groups in total. The second kappa shape index (κ2) is 7.17. The fraction of sp³-hybridized carbons (Fsp3) is 0.615. The molecule has 0 aromatic carbocycles. The first-order valence-electron chi connectivity index (χ1n) is 7.05. The standard InChI is InChI=1S/C13H22N4O3S/c1-14-13-12(4-2-5-15-13)21(19,20)17-7-3-6-16(8-9-17)10-11-18/h2,4-5,18H,3,6-11H2,1H3,(H,14,15). The molecule has 0 bridgehead atoms. The monoisotopic (exact) mass is 314 g/mol. The highest BCUT2D eigenvalue weighted by molar-refractivity contribution is 7.89. The number of nitrogens with zero attached hydrogens (tertiary/aromatic N) is 3. The first kappa shape index (κ1) is 16.2. The Bertz CT molecular complexity index is 564. The van der Waals surface area contributed by atoms with Gasteiger partial charge in [-0.1, -0.05) is 0 Å². The summed E-state index contributed by atoms with van der Waals surface area (Å²) < 4.78 is 27.0. The van der Waals surface area contributed by atoms with Crippen molar-refractivity contribution in [1.29, 1.82) is 0 Å². The van der Waals surface area contributed by atoms with Crippen molar-refractivity contribution in [3.05, 3.63) is 18.3 Å². The Morgan fingerprint density at radius 3 is 2.86 bits per heavy atom. The van der Waals surface area contributed by atoms with Gasteiger partial charge in [0.25, 0.3) is 0 Å². The number of β-amino-alcohol motifs (C(OH)–C–C–N with tert-alkyl or cyclic N) is 1. The van der Waals surface area contributed by atoms with Crippen molar-refractivity contribution in [3.8, 4) is 0 Å². The summed E-state index contributed by atoms with van der Waals surface area (Å²) in [6, 6.07) is 3.20. The van der Waals surface area contributed by atoms with Crippen LogP contribution in [0.2, 0.25) is 0 Å². The van der Waals surface area contributed by atoms with Crippen LogP contribution in [0.5, 0.6) is 0 Å². The molecule has 0 aliphatic carbocycles. The van der Waals surface area contributed by atoms with Gasteiger partial charge in [0, 0.05) is 39.4 Å². The number of anilines is 1. The Balaban J connectivity index is 2.19. The molecule has 2 rings (SSSR count). The van der Waals surface area contributed by atoms with Gasteiger partial charge in [-0.3, -0.25) is 4.90 Å². The van der Waals surface area contributed by atoms with Crippen molar-refractivity contribution in [2.45, 2.75) is 11.3 Å². The molecular weight excluding hydrogens is 292 g/mol. The summed E-state index contributed by atoms with van der Waals surface area (Å²) >= 11 is 0. The Morgan fingerprint density at radius 2 is 2.14 bits per heavy atom. The van der Waals surface area contributed by atoms with Crippen LogP contribution in [0.1, 0.15) is 6.42 Å². The van der Waals surface area contributed by atoms with Crippen molar-refractivity contribution in [1.82, 2.24) is 14.2 Å². The van der Waals surface area contributed by atoms with Gasteiger partial charge in [-0.15, -0.1) is 0 Å². The zero-order valence-electron chi connectivity index (χ0n) is 12.2. The van der Waals surface area contributed by atoms with Gasteiger partial charge in [-0.05, 0) is 25.1 Å². The predicted molar refractivity (Wildman–Crippen MR) is 80.7 cm³/mol. The van der Waals surface area contributed by atoms with E-state index in [2.05, 4.69) is 15.2 Å². The highest BCUT2D eigenvalue weighted by Gasteiger charge is 2.29. The highest BCUT2D eigenvalue weighted by atomic mass is 32.2. The number of sulfonamides is 1. The molecule has 8 heteroatoms. The number of nitrogens with one attached hydrogen (secondary N) is 1. The molecule has 0 radical (unpaired) electrons. The van der Waals surface area contributed by atoms with Crippen LogP contribution in [0.25, 0.3) is 0 Å². The predicted octanol–water partition coefficient (Wildman–Crippen LogP) is -0.188. The van der Waals surface area contributed by atoms with E-state index in [1.165, 1.54) is 4.31 Å². The molecule has 7 nitrogen and oxygen atoms in total. The third-order valence-corrected chi connectivity index (χ3v) is 5.52. The lowest BCUT2D eigenvalue weighted by molar-refractivity contribution is 0.202. The number of aliphatic hydroxyl groups is 1. The molecule has 1 aromatic rings. The first-order valence-corrected chi connectivity index (χ1v) is 8.49. The van der Waals surface area contributed by atoms with E-state index in [1.54, 1.807) is 25.4 Å². The fourth-order valence-corrected chi connectivity index (χ4v) is 4.10. The molecular formula is C13H22N4O3S. The van der Waals surface area contributed by atoms with Gasteiger partial charge in [0.05, 0.1) is 6.61 Å². The van der Waals surface area contributed by atoms with E-state index < -0.39 is 10.0 Å². The average molecular weight is 314 g/mol. The lowest BCUT2D eigenvalue weighted by atomic mass is 10.4. The van der Waals surface area contributed by atoms with E-state index >= 15 is 0 Å². The number of hydrogen-bond acceptors (Lipinski definition) is 6. The van der Waals surface area contributed by atoms with Gasteiger partial charge in [0.1, 0.15) is 10.7 Å². The number of aromatic nitrogens is 1. The maximum Gasteiger partial charge on any atom is 0.246 e. The number of rotatable bonds is 5. The van der Waals surface area contributed by atoms with Gasteiger partial charge >= 0.3 is 0 Å². The van der Waals surface area contributed by atoms with Crippen molar-refractivity contribution in [2.24, 2.45) is 0 Å². The van der Waals surface area contributed by atoms with Crippen LogP contribution in [0, 0.1) is 0 Å². The summed E-state index contributed by atoms with van der Waals surface area (Å²) in [5, 5.41) is 11.8. The molecule has 2 heterocycles. The van der Waals surface area contributed by atoms with E-state index in [0.717, 1.165) is 13.0 Å². The zero-order valence-corrected chi connectivity index (χ0v) is 13.0. The summed E-state index contributed by atoms with van der Waals surface area (Å²) in [6.45, 7) is 3.04. The minimum atomic E-state index is -3.55. The fourth-order valence-electron chi connectivity index (χ4n) is 2.48. The average Bonchev–Trinajstić information content (AvgIpc) is 2.74. The van der Waals surface area contributed by atoms with Crippen LogP contribution in [0.3, 0.4) is 0 Å². The smallest absolute Gasteiger partial charge is 0.246 e. The van der Waals surface area contributed by atoms with Crippen LogP contribution in [-0.2, 0) is 10.0 Å². The second-order valence-corrected chi connectivity index (χ2v) is 6.83. The normalized spacial score (nSPS) is 18.4. The molecule has 0 spiro atoms. The Labute approximate surface area is 125 Å². The molecule has 118 valence electrons. The summed E-state index contributed by atoms with van der Waals surface area (Å²) in [7, 11) is -1.89. The SMILES string of the molecule is CNc1ncccc1S(=O)(=O)N1CCCN(CCO)CC1. The Morgan fingerprint density at radius 1 is 1.33 bits per heavy atom. The molecule has 0 saturated carbocycles. The van der Waals surface area contributed by atoms with E-state index in [1.807, 2.05) is 0 Å². The molecule has 0 atom stereocenters. The molecule has 0 unspecified atom stereocenters. The van der Waals surface area contributed by atoms with Crippen LogP contribution >= 0.6 is 0 Å². The lowest BCUT2D eigenvalue weighted by Crippen LogP contribution is -2.36. The minimum absolute atomic E-state index is 0.0965. The first-order chi connectivity index (χ1) is 10.1. The van der Waals surface area contributed by atoms with E-state index in [0.29, 0.717) is 32.0 Å². The van der Waals surface area contributed by atoms with Crippen molar-refractivity contribution < 1.29 is 13.5 Å². The van der Waals surface area contributed by atoms with Crippen LogP contribution in [0.4, 0.5) is 5.82 Å². The molecule has 0 amide bonds. The molecule has 1 fully saturated rings. The maximum atomic E-state index is 12.8. The number of pyridine rings is 1. The third-order valence-electron chi connectivity index (χ3n) is 3.59. The van der Waals surface area contributed by atoms with E-state index in [-0.39, 0.29) is 11.5 Å². The summed E-state index contributed by atoms with van der Waals surface area (Å²) in [5.41, 5.74) is 0. The zero-order chi connectivity index (χ0) is 15.3. The molecule has 1 saturated heterocycles. The summed E-state index contributed by atoms with van der Waals surface area (Å²) in [6.07, 6.45) is 2.32. The molecule has 1 aromatic heterocycles. The third kappa shape index (κ3) is 3.70. The van der Waals surface area contributed by atoms with Crippen LogP contribution in [-0.4, -0.2) is 74.1 Å². The lowest BCUT2D eigenvalue weighted by Gasteiger charge is -2.22. The molecule has 1 aliphatic heterocycles. The van der Waals surface area contributed by atoms with Gasteiger partial charge in [-0.2, -0.15) is 4.31 Å². The molecule has 21 heavy (non-hydrogen) atoms. The second-order valence-electron chi connectivity index (χ2n) is 4.92. The van der Waals surface area contributed by atoms with Gasteiger partial charge in [0.15, 0.2) is 0 Å². The summed E-state index contributed by atoms with van der Waals surface area (Å²) in [4.78, 5) is 6.36. The largest absolute Gasteiger partial charge is 0.395 e. The van der Waals surface area contributed by atoms with Gasteiger partial charge in [0.2, 0.25) is 10.0 Å². The molecule has 1 aliphatic rings. The Kier molecular flexibility index (Phi) is 5.51. The maximum absolute atomic E-state index is 12.8. The van der Waals surface area contributed by atoms with Crippen molar-refractivity contribution >= 4 is 15.8 Å². The van der Waals surface area contributed by atoms with E-state index in [9.17, 15) is 8.42 Å². The number of aliphatic hydroxyl groups excluding tert-OH is 1. The van der Waals surface area contributed by atoms with E-state index in [4.69, 9.17) is 5.11 Å².